The number of morpholine rings is 1. The molecule has 1 atom stereocenters. The van der Waals surface area contributed by atoms with Crippen molar-refractivity contribution < 1.29 is 14.3 Å². The van der Waals surface area contributed by atoms with Crippen molar-refractivity contribution in [3.05, 3.63) is 83.9 Å². The molecule has 2 aromatic rings. The highest BCUT2D eigenvalue weighted by Gasteiger charge is 2.19. The number of carbonyl (C=O) groups is 1. The molecular formula is C23H25NO3. The summed E-state index contributed by atoms with van der Waals surface area (Å²) in [5, 5.41) is 0. The van der Waals surface area contributed by atoms with Crippen LogP contribution in [0.3, 0.4) is 0 Å². The van der Waals surface area contributed by atoms with Crippen LogP contribution in [-0.4, -0.2) is 49.8 Å². The SMILES string of the molecule is C=Cc1ccc(C(=O)OC(/C=C/c2ccccc2)CN2CCOCC2)cc1. The predicted octanol–water partition coefficient (Wildman–Crippen LogP) is 3.90. The lowest BCUT2D eigenvalue weighted by Crippen LogP contribution is -2.41. The fourth-order valence-corrected chi connectivity index (χ4v) is 2.92. The molecule has 1 unspecified atom stereocenters. The first-order chi connectivity index (χ1) is 13.2. The van der Waals surface area contributed by atoms with E-state index in [0.717, 1.165) is 24.2 Å². The molecule has 0 aliphatic carbocycles. The van der Waals surface area contributed by atoms with Crippen LogP contribution in [0, 0.1) is 0 Å². The molecule has 140 valence electrons. The molecule has 27 heavy (non-hydrogen) atoms. The van der Waals surface area contributed by atoms with Gasteiger partial charge in [0, 0.05) is 19.6 Å². The number of nitrogens with zero attached hydrogens (tertiary/aromatic N) is 1. The quantitative estimate of drug-likeness (QED) is 0.700. The molecule has 0 amide bonds. The molecule has 1 fully saturated rings. The van der Waals surface area contributed by atoms with Crippen molar-refractivity contribution in [2.75, 3.05) is 32.8 Å². The molecular weight excluding hydrogens is 338 g/mol. The molecule has 0 radical (unpaired) electrons. The van der Waals surface area contributed by atoms with Gasteiger partial charge in [-0.05, 0) is 29.3 Å². The second kappa shape index (κ2) is 9.86. The highest BCUT2D eigenvalue weighted by Crippen LogP contribution is 2.12. The second-order valence-electron chi connectivity index (χ2n) is 6.45. The summed E-state index contributed by atoms with van der Waals surface area (Å²) in [4.78, 5) is 14.8. The van der Waals surface area contributed by atoms with Crippen LogP contribution in [0.25, 0.3) is 12.2 Å². The summed E-state index contributed by atoms with van der Waals surface area (Å²) in [5.41, 5.74) is 2.59. The normalized spacial score (nSPS) is 16.1. The van der Waals surface area contributed by atoms with E-state index in [1.807, 2.05) is 54.6 Å². The summed E-state index contributed by atoms with van der Waals surface area (Å²) >= 11 is 0. The molecule has 4 nitrogen and oxygen atoms in total. The van der Waals surface area contributed by atoms with Crippen LogP contribution < -0.4 is 0 Å². The van der Waals surface area contributed by atoms with Crippen LogP contribution in [0.15, 0.2) is 67.3 Å². The highest BCUT2D eigenvalue weighted by molar-refractivity contribution is 5.89. The predicted molar refractivity (Wildman–Crippen MR) is 108 cm³/mol. The number of hydrogen-bond donors (Lipinski definition) is 0. The van der Waals surface area contributed by atoms with Crippen molar-refractivity contribution >= 4 is 18.1 Å². The summed E-state index contributed by atoms with van der Waals surface area (Å²) in [5.74, 6) is -0.318. The third-order valence-corrected chi connectivity index (χ3v) is 4.49. The Balaban J connectivity index is 1.70. The summed E-state index contributed by atoms with van der Waals surface area (Å²) in [7, 11) is 0. The van der Waals surface area contributed by atoms with E-state index in [1.54, 1.807) is 18.2 Å². The van der Waals surface area contributed by atoms with Gasteiger partial charge in [0.2, 0.25) is 0 Å². The van der Waals surface area contributed by atoms with Gasteiger partial charge in [0.15, 0.2) is 0 Å². The highest BCUT2D eigenvalue weighted by atomic mass is 16.5. The van der Waals surface area contributed by atoms with Gasteiger partial charge in [0.05, 0.1) is 18.8 Å². The number of rotatable bonds is 7. The zero-order valence-electron chi connectivity index (χ0n) is 15.4. The van der Waals surface area contributed by atoms with Gasteiger partial charge in [0.25, 0.3) is 0 Å². The first kappa shape index (κ1) is 19.1. The minimum atomic E-state index is -0.324. The van der Waals surface area contributed by atoms with E-state index in [2.05, 4.69) is 11.5 Å². The minimum absolute atomic E-state index is 0.318. The Hall–Kier alpha value is -2.69. The van der Waals surface area contributed by atoms with E-state index in [4.69, 9.17) is 9.47 Å². The molecule has 0 bridgehead atoms. The molecule has 1 saturated heterocycles. The van der Waals surface area contributed by atoms with E-state index in [1.165, 1.54) is 0 Å². The zero-order valence-corrected chi connectivity index (χ0v) is 15.4. The van der Waals surface area contributed by atoms with Crippen molar-refractivity contribution in [3.63, 3.8) is 0 Å². The van der Waals surface area contributed by atoms with Gasteiger partial charge < -0.3 is 9.47 Å². The Labute approximate surface area is 160 Å². The zero-order chi connectivity index (χ0) is 18.9. The van der Waals surface area contributed by atoms with Gasteiger partial charge in [0.1, 0.15) is 6.10 Å². The van der Waals surface area contributed by atoms with Crippen molar-refractivity contribution in [3.8, 4) is 0 Å². The average Bonchev–Trinajstić information content (AvgIpc) is 2.73. The third kappa shape index (κ3) is 5.91. The average molecular weight is 363 g/mol. The maximum Gasteiger partial charge on any atom is 0.338 e. The number of carbonyl (C=O) groups excluding carboxylic acids is 1. The molecule has 0 saturated carbocycles. The molecule has 1 aliphatic heterocycles. The van der Waals surface area contributed by atoms with E-state index in [9.17, 15) is 4.79 Å². The molecule has 4 heteroatoms. The van der Waals surface area contributed by atoms with Crippen LogP contribution in [0.4, 0.5) is 0 Å². The van der Waals surface area contributed by atoms with Gasteiger partial charge in [-0.25, -0.2) is 4.79 Å². The van der Waals surface area contributed by atoms with Crippen LogP contribution >= 0.6 is 0 Å². The van der Waals surface area contributed by atoms with Crippen molar-refractivity contribution in [1.29, 1.82) is 0 Å². The van der Waals surface area contributed by atoms with Crippen LogP contribution in [0.2, 0.25) is 0 Å². The van der Waals surface area contributed by atoms with E-state index >= 15 is 0 Å². The molecule has 1 heterocycles. The van der Waals surface area contributed by atoms with Crippen molar-refractivity contribution in [2.24, 2.45) is 0 Å². The minimum Gasteiger partial charge on any atom is -0.453 e. The lowest BCUT2D eigenvalue weighted by atomic mass is 10.1. The van der Waals surface area contributed by atoms with Crippen LogP contribution in [0.5, 0.6) is 0 Å². The Morgan fingerprint density at radius 3 is 2.44 bits per heavy atom. The molecule has 3 rings (SSSR count). The maximum atomic E-state index is 12.6. The summed E-state index contributed by atoms with van der Waals surface area (Å²) in [6, 6.07) is 17.3. The Morgan fingerprint density at radius 1 is 1.07 bits per heavy atom. The maximum absolute atomic E-state index is 12.6. The monoisotopic (exact) mass is 363 g/mol. The second-order valence-corrected chi connectivity index (χ2v) is 6.45. The van der Waals surface area contributed by atoms with E-state index in [0.29, 0.717) is 25.3 Å². The standard InChI is InChI=1S/C23H25NO3/c1-2-19-8-11-21(12-9-19)23(25)27-22(18-24-14-16-26-17-15-24)13-10-20-6-4-3-5-7-20/h2-13,22H,1,14-18H2/b13-10+. The number of hydrogen-bond acceptors (Lipinski definition) is 4. The topological polar surface area (TPSA) is 38.8 Å². The molecule has 2 aromatic carbocycles. The van der Waals surface area contributed by atoms with Gasteiger partial charge in [-0.1, -0.05) is 61.2 Å². The number of ether oxygens (including phenoxy) is 2. The van der Waals surface area contributed by atoms with Crippen LogP contribution in [-0.2, 0) is 9.47 Å². The first-order valence-corrected chi connectivity index (χ1v) is 9.21. The van der Waals surface area contributed by atoms with Gasteiger partial charge >= 0.3 is 5.97 Å². The lowest BCUT2D eigenvalue weighted by Gasteiger charge is -2.29. The summed E-state index contributed by atoms with van der Waals surface area (Å²) < 4.78 is 11.2. The Kier molecular flexibility index (Phi) is 6.97. The largest absolute Gasteiger partial charge is 0.453 e. The van der Waals surface area contributed by atoms with Gasteiger partial charge in [-0.3, -0.25) is 4.90 Å². The number of benzene rings is 2. The Morgan fingerprint density at radius 2 is 1.78 bits per heavy atom. The van der Waals surface area contributed by atoms with Gasteiger partial charge in [-0.2, -0.15) is 0 Å². The summed E-state index contributed by atoms with van der Waals surface area (Å²) in [6.07, 6.45) is 5.38. The lowest BCUT2D eigenvalue weighted by molar-refractivity contribution is 0.00649. The fraction of sp³-hybridized carbons (Fsp3) is 0.261. The number of esters is 1. The molecule has 0 spiro atoms. The summed E-state index contributed by atoms with van der Waals surface area (Å²) in [6.45, 7) is 7.51. The molecule has 1 aliphatic rings. The van der Waals surface area contributed by atoms with E-state index in [-0.39, 0.29) is 12.1 Å². The molecule has 0 N–H and O–H groups in total. The van der Waals surface area contributed by atoms with E-state index < -0.39 is 0 Å². The first-order valence-electron chi connectivity index (χ1n) is 9.21. The van der Waals surface area contributed by atoms with Crippen molar-refractivity contribution in [1.82, 2.24) is 4.90 Å². The van der Waals surface area contributed by atoms with Gasteiger partial charge in [-0.15, -0.1) is 0 Å². The third-order valence-electron chi connectivity index (χ3n) is 4.49. The van der Waals surface area contributed by atoms with Crippen LogP contribution in [0.1, 0.15) is 21.5 Å². The molecule has 0 aromatic heterocycles. The fourth-order valence-electron chi connectivity index (χ4n) is 2.92. The Bertz CT molecular complexity index is 762. The smallest absolute Gasteiger partial charge is 0.338 e. The van der Waals surface area contributed by atoms with Crippen molar-refractivity contribution in [2.45, 2.75) is 6.10 Å².